The van der Waals surface area contributed by atoms with Crippen LogP contribution in [0.4, 0.5) is 0 Å². The molecular weight excluding hydrogens is 242 g/mol. The average molecular weight is 261 g/mol. The summed E-state index contributed by atoms with van der Waals surface area (Å²) < 4.78 is 11.4. The number of benzene rings is 1. The van der Waals surface area contributed by atoms with Crippen LogP contribution in [0, 0.1) is 0 Å². The fraction of sp³-hybridized carbons (Fsp3) is 0.533. The number of carbonyl (C=O) groups excluding carboxylic acids is 1. The predicted molar refractivity (Wildman–Crippen MR) is 71.8 cm³/mol. The Morgan fingerprint density at radius 1 is 1.05 bits per heavy atom. The van der Waals surface area contributed by atoms with E-state index in [1.807, 2.05) is 6.07 Å². The van der Waals surface area contributed by atoms with E-state index < -0.39 is 0 Å². The van der Waals surface area contributed by atoms with Gasteiger partial charge < -0.3 is 15.2 Å². The van der Waals surface area contributed by atoms with Crippen molar-refractivity contribution in [1.29, 1.82) is 0 Å². The van der Waals surface area contributed by atoms with Crippen LogP contribution in [0.5, 0.6) is 11.5 Å². The lowest BCUT2D eigenvalue weighted by molar-refractivity contribution is 0.111. The Kier molecular flexibility index (Phi) is 3.19. The van der Waals surface area contributed by atoms with E-state index in [1.54, 1.807) is 6.07 Å². The van der Waals surface area contributed by atoms with Crippen LogP contribution in [0.15, 0.2) is 12.1 Å². The number of carbonyl (C=O) groups is 1. The minimum Gasteiger partial charge on any atom is -0.486 e. The second-order valence-electron chi connectivity index (χ2n) is 5.39. The molecule has 0 saturated heterocycles. The summed E-state index contributed by atoms with van der Waals surface area (Å²) in [4.78, 5) is 11.1. The Morgan fingerprint density at radius 2 is 1.74 bits per heavy atom. The highest BCUT2D eigenvalue weighted by Gasteiger charge is 2.35. The van der Waals surface area contributed by atoms with E-state index in [4.69, 9.17) is 15.2 Å². The summed E-state index contributed by atoms with van der Waals surface area (Å²) in [5.74, 6) is 1.24. The molecule has 1 aliphatic carbocycles. The lowest BCUT2D eigenvalue weighted by Crippen LogP contribution is -2.39. The second-order valence-corrected chi connectivity index (χ2v) is 5.39. The van der Waals surface area contributed by atoms with E-state index in [9.17, 15) is 4.79 Å². The fourth-order valence-electron chi connectivity index (χ4n) is 3.09. The second kappa shape index (κ2) is 4.85. The third kappa shape index (κ3) is 2.10. The summed E-state index contributed by atoms with van der Waals surface area (Å²) in [6.07, 6.45) is 6.25. The lowest BCUT2D eigenvalue weighted by Gasteiger charge is -2.36. The van der Waals surface area contributed by atoms with Crippen molar-refractivity contribution < 1.29 is 14.3 Å². The molecule has 1 fully saturated rings. The van der Waals surface area contributed by atoms with E-state index >= 15 is 0 Å². The molecule has 0 unspecified atom stereocenters. The first kappa shape index (κ1) is 12.5. The van der Waals surface area contributed by atoms with Crippen molar-refractivity contribution in [2.45, 2.75) is 37.6 Å². The first-order valence-corrected chi connectivity index (χ1v) is 6.92. The molecule has 4 heteroatoms. The standard InChI is InChI=1S/C15H19NO3/c16-15(6-2-1-3-7-15)12-5-4-11(10-17)13-14(12)19-9-8-18-13/h4-5,10H,1-3,6-9,16H2. The van der Waals surface area contributed by atoms with Gasteiger partial charge in [0.2, 0.25) is 0 Å². The van der Waals surface area contributed by atoms with Crippen LogP contribution in [0.1, 0.15) is 48.0 Å². The van der Waals surface area contributed by atoms with Gasteiger partial charge in [-0.25, -0.2) is 0 Å². The van der Waals surface area contributed by atoms with Gasteiger partial charge in [-0.15, -0.1) is 0 Å². The molecule has 102 valence electrons. The molecule has 0 atom stereocenters. The summed E-state index contributed by atoms with van der Waals surface area (Å²) in [5.41, 5.74) is 7.76. The molecule has 0 radical (unpaired) electrons. The van der Waals surface area contributed by atoms with Gasteiger partial charge in [0.1, 0.15) is 13.2 Å². The van der Waals surface area contributed by atoms with Crippen LogP contribution in [0.2, 0.25) is 0 Å². The summed E-state index contributed by atoms with van der Waals surface area (Å²) in [5, 5.41) is 0. The number of fused-ring (bicyclic) bond motifs is 1. The molecular formula is C15H19NO3. The minimum absolute atomic E-state index is 0.343. The molecule has 1 heterocycles. The van der Waals surface area contributed by atoms with Crippen molar-refractivity contribution in [2.75, 3.05) is 13.2 Å². The molecule has 1 saturated carbocycles. The zero-order valence-electron chi connectivity index (χ0n) is 11.0. The maximum absolute atomic E-state index is 11.1. The van der Waals surface area contributed by atoms with E-state index in [-0.39, 0.29) is 5.54 Å². The Bertz CT molecular complexity index is 492. The zero-order valence-corrected chi connectivity index (χ0v) is 11.0. The van der Waals surface area contributed by atoms with Crippen molar-refractivity contribution in [3.05, 3.63) is 23.3 Å². The van der Waals surface area contributed by atoms with Gasteiger partial charge in [0.25, 0.3) is 0 Å². The largest absolute Gasteiger partial charge is 0.486 e. The lowest BCUT2D eigenvalue weighted by atomic mass is 9.76. The van der Waals surface area contributed by atoms with E-state index in [0.717, 1.165) is 37.5 Å². The highest BCUT2D eigenvalue weighted by atomic mass is 16.6. The highest BCUT2D eigenvalue weighted by Crippen LogP contribution is 2.45. The Hall–Kier alpha value is -1.55. The van der Waals surface area contributed by atoms with Crippen LogP contribution >= 0.6 is 0 Å². The third-order valence-electron chi connectivity index (χ3n) is 4.13. The molecule has 0 aromatic heterocycles. The van der Waals surface area contributed by atoms with Crippen molar-refractivity contribution in [1.82, 2.24) is 0 Å². The van der Waals surface area contributed by atoms with Gasteiger partial charge in [0.15, 0.2) is 17.8 Å². The first-order valence-electron chi connectivity index (χ1n) is 6.92. The molecule has 2 N–H and O–H groups in total. The van der Waals surface area contributed by atoms with Gasteiger partial charge in [-0.3, -0.25) is 4.79 Å². The number of hydrogen-bond acceptors (Lipinski definition) is 4. The molecule has 19 heavy (non-hydrogen) atoms. The van der Waals surface area contributed by atoms with Crippen LogP contribution in [0.25, 0.3) is 0 Å². The van der Waals surface area contributed by atoms with Crippen LogP contribution in [0.3, 0.4) is 0 Å². The summed E-state index contributed by atoms with van der Waals surface area (Å²) in [7, 11) is 0. The van der Waals surface area contributed by atoms with Crippen molar-refractivity contribution in [3.8, 4) is 11.5 Å². The molecule has 0 spiro atoms. The molecule has 2 aliphatic rings. The molecule has 4 nitrogen and oxygen atoms in total. The fourth-order valence-corrected chi connectivity index (χ4v) is 3.09. The average Bonchev–Trinajstić information content (AvgIpc) is 2.46. The summed E-state index contributed by atoms with van der Waals surface area (Å²) >= 11 is 0. The predicted octanol–water partition coefficient (Wildman–Crippen LogP) is 2.39. The number of aldehydes is 1. The van der Waals surface area contributed by atoms with Gasteiger partial charge in [-0.2, -0.15) is 0 Å². The van der Waals surface area contributed by atoms with Crippen molar-refractivity contribution in [2.24, 2.45) is 5.73 Å². The molecule has 3 rings (SSSR count). The Balaban J connectivity index is 2.08. The van der Waals surface area contributed by atoms with Crippen LogP contribution in [-0.4, -0.2) is 19.5 Å². The van der Waals surface area contributed by atoms with Crippen LogP contribution in [-0.2, 0) is 5.54 Å². The maximum Gasteiger partial charge on any atom is 0.172 e. The third-order valence-corrected chi connectivity index (χ3v) is 4.13. The van der Waals surface area contributed by atoms with E-state index in [2.05, 4.69) is 0 Å². The zero-order chi connectivity index (χ0) is 13.3. The normalized spacial score (nSPS) is 20.9. The number of nitrogens with two attached hydrogens (primary N) is 1. The number of hydrogen-bond donors (Lipinski definition) is 1. The van der Waals surface area contributed by atoms with E-state index in [1.165, 1.54) is 6.42 Å². The van der Waals surface area contributed by atoms with Gasteiger partial charge in [0.05, 0.1) is 5.56 Å². The summed E-state index contributed by atoms with van der Waals surface area (Å²) in [6.45, 7) is 0.993. The first-order chi connectivity index (χ1) is 9.24. The monoisotopic (exact) mass is 261 g/mol. The van der Waals surface area contributed by atoms with Gasteiger partial charge in [-0.05, 0) is 18.9 Å². The number of ether oxygens (including phenoxy) is 2. The Morgan fingerprint density at radius 3 is 2.42 bits per heavy atom. The highest BCUT2D eigenvalue weighted by molar-refractivity contribution is 5.82. The minimum atomic E-state index is -0.343. The molecule has 1 aliphatic heterocycles. The van der Waals surface area contributed by atoms with Crippen molar-refractivity contribution in [3.63, 3.8) is 0 Å². The van der Waals surface area contributed by atoms with E-state index in [0.29, 0.717) is 30.3 Å². The molecule has 0 amide bonds. The molecule has 1 aromatic rings. The Labute approximate surface area is 112 Å². The van der Waals surface area contributed by atoms with Gasteiger partial charge in [0, 0.05) is 11.1 Å². The number of rotatable bonds is 2. The molecule has 1 aromatic carbocycles. The van der Waals surface area contributed by atoms with Crippen LogP contribution < -0.4 is 15.2 Å². The van der Waals surface area contributed by atoms with Crippen molar-refractivity contribution >= 4 is 6.29 Å². The van der Waals surface area contributed by atoms with Gasteiger partial charge in [-0.1, -0.05) is 25.3 Å². The topological polar surface area (TPSA) is 61.6 Å². The van der Waals surface area contributed by atoms with Gasteiger partial charge >= 0.3 is 0 Å². The smallest absolute Gasteiger partial charge is 0.172 e. The quantitative estimate of drug-likeness (QED) is 0.830. The summed E-state index contributed by atoms with van der Waals surface area (Å²) in [6, 6.07) is 3.72. The molecule has 0 bridgehead atoms. The SMILES string of the molecule is NC1(c2ccc(C=O)c3c2OCCO3)CCCCC1. The maximum atomic E-state index is 11.1.